The number of halogens is 2. The molecule has 0 aliphatic carbocycles. The number of thiophene rings is 1. The zero-order chi connectivity index (χ0) is 12.5. The van der Waals surface area contributed by atoms with Gasteiger partial charge < -0.3 is 5.73 Å². The van der Waals surface area contributed by atoms with E-state index >= 15 is 0 Å². The fraction of sp³-hybridized carbons (Fsp3) is 0.0714. The van der Waals surface area contributed by atoms with Crippen molar-refractivity contribution in [1.29, 1.82) is 0 Å². The molecule has 2 N–H and O–H groups in total. The van der Waals surface area contributed by atoms with E-state index in [0.717, 1.165) is 22.0 Å². The van der Waals surface area contributed by atoms with Crippen molar-refractivity contribution in [3.63, 3.8) is 0 Å². The van der Waals surface area contributed by atoms with Crippen LogP contribution in [0.15, 0.2) is 47.2 Å². The van der Waals surface area contributed by atoms with E-state index in [2.05, 4.69) is 4.98 Å². The molecule has 1 aromatic carbocycles. The minimum absolute atomic E-state index is 0. The molecule has 3 rings (SSSR count). The molecule has 0 aliphatic heterocycles. The number of nitrogens with zero attached hydrogens (tertiary/aromatic N) is 1. The lowest BCUT2D eigenvalue weighted by atomic mass is 10.0. The first-order valence-electron chi connectivity index (χ1n) is 5.58. The van der Waals surface area contributed by atoms with Gasteiger partial charge in [-0.1, -0.05) is 29.8 Å². The van der Waals surface area contributed by atoms with Crippen molar-refractivity contribution < 1.29 is 0 Å². The molecule has 0 unspecified atom stereocenters. The second-order valence-electron chi connectivity index (χ2n) is 4.10. The van der Waals surface area contributed by atoms with Gasteiger partial charge in [0.15, 0.2) is 0 Å². The maximum absolute atomic E-state index is 6.23. The van der Waals surface area contributed by atoms with Crippen LogP contribution < -0.4 is 5.73 Å². The molecule has 2 heterocycles. The van der Waals surface area contributed by atoms with Crippen LogP contribution in [-0.4, -0.2) is 4.98 Å². The van der Waals surface area contributed by atoms with Gasteiger partial charge in [0.1, 0.15) is 5.15 Å². The Bertz CT molecular complexity index is 683. The second kappa shape index (κ2) is 5.88. The maximum Gasteiger partial charge on any atom is 0.134 e. The summed E-state index contributed by atoms with van der Waals surface area (Å²) in [5.74, 6) is 0. The summed E-state index contributed by atoms with van der Waals surface area (Å²) >= 11 is 7.86. The number of nitrogens with two attached hydrogens (primary N) is 1. The topological polar surface area (TPSA) is 38.9 Å². The van der Waals surface area contributed by atoms with E-state index in [0.29, 0.717) is 5.15 Å². The number of para-hydroxylation sites is 1. The van der Waals surface area contributed by atoms with Crippen molar-refractivity contribution in [3.05, 3.63) is 63.4 Å². The summed E-state index contributed by atoms with van der Waals surface area (Å²) in [5.41, 5.74) is 9.06. The molecule has 0 fully saturated rings. The average molecular weight is 311 g/mol. The number of fused-ring (bicyclic) bond motifs is 1. The molecule has 0 radical (unpaired) electrons. The lowest BCUT2D eigenvalue weighted by molar-refractivity contribution is 0.872. The van der Waals surface area contributed by atoms with E-state index in [1.54, 1.807) is 11.3 Å². The van der Waals surface area contributed by atoms with Gasteiger partial charge in [-0.05, 0) is 34.5 Å². The van der Waals surface area contributed by atoms with Gasteiger partial charge in [0.25, 0.3) is 0 Å². The van der Waals surface area contributed by atoms with Gasteiger partial charge in [0.2, 0.25) is 0 Å². The Morgan fingerprint density at radius 3 is 2.74 bits per heavy atom. The smallest absolute Gasteiger partial charge is 0.134 e. The number of pyridine rings is 1. The van der Waals surface area contributed by atoms with Crippen LogP contribution in [0.25, 0.3) is 10.9 Å². The van der Waals surface area contributed by atoms with Crippen LogP contribution in [0, 0.1) is 0 Å². The quantitative estimate of drug-likeness (QED) is 0.712. The van der Waals surface area contributed by atoms with Gasteiger partial charge in [-0.2, -0.15) is 11.3 Å². The van der Waals surface area contributed by atoms with E-state index in [-0.39, 0.29) is 18.4 Å². The number of hydrogen-bond acceptors (Lipinski definition) is 3. The Morgan fingerprint density at radius 1 is 1.21 bits per heavy atom. The molecule has 0 saturated carbocycles. The molecule has 0 bridgehead atoms. The Kier molecular flexibility index (Phi) is 4.42. The Labute approximate surface area is 126 Å². The third-order valence-electron chi connectivity index (χ3n) is 2.94. The van der Waals surface area contributed by atoms with Crippen molar-refractivity contribution in [2.24, 2.45) is 5.73 Å². The van der Waals surface area contributed by atoms with E-state index in [4.69, 9.17) is 17.3 Å². The summed E-state index contributed by atoms with van der Waals surface area (Å²) in [5, 5.41) is 5.59. The van der Waals surface area contributed by atoms with Crippen LogP contribution in [0.3, 0.4) is 0 Å². The van der Waals surface area contributed by atoms with Crippen molar-refractivity contribution in [1.82, 2.24) is 4.98 Å². The first-order chi connectivity index (χ1) is 8.75. The van der Waals surface area contributed by atoms with Crippen molar-refractivity contribution >= 4 is 46.2 Å². The molecule has 5 heteroatoms. The van der Waals surface area contributed by atoms with Crippen LogP contribution in [0.4, 0.5) is 0 Å². The number of benzene rings is 1. The molecule has 0 aliphatic rings. The van der Waals surface area contributed by atoms with Crippen LogP contribution in [-0.2, 0) is 0 Å². The third kappa shape index (κ3) is 2.74. The zero-order valence-electron chi connectivity index (χ0n) is 9.92. The van der Waals surface area contributed by atoms with Crippen LogP contribution in [0.1, 0.15) is 17.2 Å². The molecule has 0 spiro atoms. The molecule has 1 atom stereocenters. The predicted molar refractivity (Wildman–Crippen MR) is 84.4 cm³/mol. The maximum atomic E-state index is 6.23. The summed E-state index contributed by atoms with van der Waals surface area (Å²) in [6.45, 7) is 0. The van der Waals surface area contributed by atoms with Gasteiger partial charge in [-0.25, -0.2) is 4.98 Å². The highest BCUT2D eigenvalue weighted by Gasteiger charge is 2.14. The summed E-state index contributed by atoms with van der Waals surface area (Å²) in [6, 6.07) is 11.7. The number of rotatable bonds is 2. The largest absolute Gasteiger partial charge is 0.320 e. The lowest BCUT2D eigenvalue weighted by Gasteiger charge is -2.12. The molecule has 2 aromatic heterocycles. The highest BCUT2D eigenvalue weighted by molar-refractivity contribution is 7.08. The van der Waals surface area contributed by atoms with E-state index in [9.17, 15) is 0 Å². The molecule has 0 saturated heterocycles. The van der Waals surface area contributed by atoms with Crippen LogP contribution >= 0.6 is 35.3 Å². The van der Waals surface area contributed by atoms with E-state index in [1.807, 2.05) is 47.2 Å². The standard InChI is InChI=1S/C14H11ClN2S.ClH/c15-14-11(13(16)10-5-6-18-8-10)7-9-3-1-2-4-12(9)17-14;/h1-8,13H,16H2;1H/t13-;/m0./s1. The Morgan fingerprint density at radius 2 is 2.00 bits per heavy atom. The second-order valence-corrected chi connectivity index (χ2v) is 5.23. The van der Waals surface area contributed by atoms with Crippen molar-refractivity contribution in [2.75, 3.05) is 0 Å². The van der Waals surface area contributed by atoms with Crippen molar-refractivity contribution in [2.45, 2.75) is 6.04 Å². The molecule has 19 heavy (non-hydrogen) atoms. The first kappa shape index (κ1) is 14.3. The minimum atomic E-state index is -0.221. The molecule has 98 valence electrons. The van der Waals surface area contributed by atoms with E-state index < -0.39 is 0 Å². The normalized spacial score (nSPS) is 12.1. The van der Waals surface area contributed by atoms with Gasteiger partial charge in [-0.3, -0.25) is 0 Å². The first-order valence-corrected chi connectivity index (χ1v) is 6.90. The van der Waals surface area contributed by atoms with Gasteiger partial charge in [0.05, 0.1) is 11.6 Å². The summed E-state index contributed by atoms with van der Waals surface area (Å²) in [6.07, 6.45) is 0. The van der Waals surface area contributed by atoms with Crippen molar-refractivity contribution in [3.8, 4) is 0 Å². The number of hydrogen-bond donors (Lipinski definition) is 1. The fourth-order valence-corrected chi connectivity index (χ4v) is 2.92. The monoisotopic (exact) mass is 310 g/mol. The number of aromatic nitrogens is 1. The SMILES string of the molecule is Cl.N[C@@H](c1ccsc1)c1cc2ccccc2nc1Cl. The summed E-state index contributed by atoms with van der Waals surface area (Å²) in [7, 11) is 0. The Hall–Kier alpha value is -1.13. The molecule has 3 aromatic rings. The molecule has 0 amide bonds. The van der Waals surface area contributed by atoms with Gasteiger partial charge >= 0.3 is 0 Å². The highest BCUT2D eigenvalue weighted by Crippen LogP contribution is 2.29. The van der Waals surface area contributed by atoms with Gasteiger partial charge in [0, 0.05) is 10.9 Å². The van der Waals surface area contributed by atoms with Crippen LogP contribution in [0.5, 0.6) is 0 Å². The molecule has 2 nitrogen and oxygen atoms in total. The van der Waals surface area contributed by atoms with Crippen LogP contribution in [0.2, 0.25) is 5.15 Å². The summed E-state index contributed by atoms with van der Waals surface area (Å²) < 4.78 is 0. The third-order valence-corrected chi connectivity index (χ3v) is 3.95. The fourth-order valence-electron chi connectivity index (χ4n) is 1.96. The van der Waals surface area contributed by atoms with E-state index in [1.165, 1.54) is 0 Å². The van der Waals surface area contributed by atoms with Gasteiger partial charge in [-0.15, -0.1) is 12.4 Å². The highest BCUT2D eigenvalue weighted by atomic mass is 35.5. The Balaban J connectivity index is 0.00000133. The average Bonchev–Trinajstić information content (AvgIpc) is 2.91. The summed E-state index contributed by atoms with van der Waals surface area (Å²) in [4.78, 5) is 4.40. The predicted octanol–water partition coefficient (Wildman–Crippen LogP) is 4.42. The lowest BCUT2D eigenvalue weighted by Crippen LogP contribution is -2.12. The molecular formula is C14H12Cl2N2S. The molecular weight excluding hydrogens is 299 g/mol. The zero-order valence-corrected chi connectivity index (χ0v) is 12.3. The minimum Gasteiger partial charge on any atom is -0.320 e.